The summed E-state index contributed by atoms with van der Waals surface area (Å²) in [6, 6.07) is 5.79. The zero-order chi connectivity index (χ0) is 13.0. The number of carboxylic acids is 1. The average Bonchev–Trinajstić information content (AvgIpc) is 2.28. The zero-order valence-corrected chi connectivity index (χ0v) is 11.9. The van der Waals surface area contributed by atoms with Gasteiger partial charge in [0, 0.05) is 10.5 Å². The van der Waals surface area contributed by atoms with E-state index >= 15 is 0 Å². The largest absolute Gasteiger partial charge is 0.481 e. The fourth-order valence-electron chi connectivity index (χ4n) is 2.07. The first kappa shape index (κ1) is 14.2. The van der Waals surface area contributed by atoms with Crippen LogP contribution in [0.15, 0.2) is 22.7 Å². The highest BCUT2D eigenvalue weighted by atomic mass is 79.9. The molecule has 0 bridgehead atoms. The molecule has 0 spiro atoms. The van der Waals surface area contributed by atoms with Gasteiger partial charge in [0.25, 0.3) is 0 Å². The molecule has 1 aromatic carbocycles. The first-order valence-corrected chi connectivity index (χ1v) is 6.46. The van der Waals surface area contributed by atoms with Gasteiger partial charge in [-0.05, 0) is 43.7 Å². The van der Waals surface area contributed by atoms with Gasteiger partial charge in [-0.15, -0.1) is 0 Å². The van der Waals surface area contributed by atoms with Crippen LogP contribution in [0.5, 0.6) is 0 Å². The number of aryl methyl sites for hydroxylation is 1. The van der Waals surface area contributed by atoms with E-state index in [0.29, 0.717) is 6.42 Å². The van der Waals surface area contributed by atoms with Crippen LogP contribution in [0.4, 0.5) is 0 Å². The van der Waals surface area contributed by atoms with Crippen LogP contribution in [-0.2, 0) is 4.79 Å². The summed E-state index contributed by atoms with van der Waals surface area (Å²) in [7, 11) is 1.80. The van der Waals surface area contributed by atoms with Crippen molar-refractivity contribution < 1.29 is 9.90 Å². The second-order valence-corrected chi connectivity index (χ2v) is 5.04. The number of benzene rings is 1. The maximum Gasteiger partial charge on any atom is 0.308 e. The Morgan fingerprint density at radius 2 is 2.18 bits per heavy atom. The quantitative estimate of drug-likeness (QED) is 0.878. The predicted molar refractivity (Wildman–Crippen MR) is 72.1 cm³/mol. The summed E-state index contributed by atoms with van der Waals surface area (Å²) in [5.41, 5.74) is 2.14. The van der Waals surface area contributed by atoms with Gasteiger partial charge >= 0.3 is 5.97 Å². The minimum Gasteiger partial charge on any atom is -0.481 e. The van der Waals surface area contributed by atoms with Crippen molar-refractivity contribution in [2.75, 3.05) is 7.05 Å². The number of hydrogen-bond acceptors (Lipinski definition) is 2. The zero-order valence-electron chi connectivity index (χ0n) is 10.3. The average molecular weight is 300 g/mol. The van der Waals surface area contributed by atoms with Crippen molar-refractivity contribution in [3.05, 3.63) is 33.8 Å². The van der Waals surface area contributed by atoms with Crippen LogP contribution in [0.2, 0.25) is 0 Å². The number of hydrogen-bond donors (Lipinski definition) is 2. The van der Waals surface area contributed by atoms with Crippen molar-refractivity contribution in [3.63, 3.8) is 0 Å². The van der Waals surface area contributed by atoms with E-state index in [4.69, 9.17) is 0 Å². The van der Waals surface area contributed by atoms with Crippen LogP contribution in [0, 0.1) is 12.8 Å². The van der Waals surface area contributed by atoms with Gasteiger partial charge in [-0.3, -0.25) is 4.79 Å². The standard InChI is InChI=1S/C13H18BrNO2/c1-4-10(13(16)17)12(15-3)11-7-9(14)6-5-8(11)2/h5-7,10,12,15H,4H2,1-3H3,(H,16,17). The molecule has 2 atom stereocenters. The van der Waals surface area contributed by atoms with Gasteiger partial charge in [0.05, 0.1) is 5.92 Å². The number of carboxylic acid groups (broad SMARTS) is 1. The van der Waals surface area contributed by atoms with E-state index in [1.54, 1.807) is 7.05 Å². The first-order chi connectivity index (χ1) is 8.01. The third kappa shape index (κ3) is 3.30. The van der Waals surface area contributed by atoms with E-state index in [0.717, 1.165) is 15.6 Å². The predicted octanol–water partition coefficient (Wildman–Crippen LogP) is 3.13. The first-order valence-electron chi connectivity index (χ1n) is 5.67. The molecule has 94 valence electrons. The van der Waals surface area contributed by atoms with Gasteiger partial charge in [-0.1, -0.05) is 28.9 Å². The molecule has 0 aliphatic carbocycles. The van der Waals surface area contributed by atoms with E-state index in [1.165, 1.54) is 0 Å². The lowest BCUT2D eigenvalue weighted by molar-refractivity contribution is -0.143. The summed E-state index contributed by atoms with van der Waals surface area (Å²) in [6.45, 7) is 3.90. The number of halogens is 1. The summed E-state index contributed by atoms with van der Waals surface area (Å²) in [5, 5.41) is 12.4. The molecule has 0 heterocycles. The van der Waals surface area contributed by atoms with Crippen LogP contribution >= 0.6 is 15.9 Å². The van der Waals surface area contributed by atoms with Crippen LogP contribution in [0.1, 0.15) is 30.5 Å². The van der Waals surface area contributed by atoms with E-state index in [1.807, 2.05) is 32.0 Å². The molecular weight excluding hydrogens is 282 g/mol. The normalized spacial score (nSPS) is 14.4. The van der Waals surface area contributed by atoms with Gasteiger partial charge < -0.3 is 10.4 Å². The molecule has 0 amide bonds. The minimum atomic E-state index is -0.758. The Morgan fingerprint density at radius 1 is 1.53 bits per heavy atom. The fourth-order valence-corrected chi connectivity index (χ4v) is 2.45. The van der Waals surface area contributed by atoms with E-state index < -0.39 is 11.9 Å². The number of aliphatic carboxylic acids is 1. The third-order valence-electron chi connectivity index (χ3n) is 3.05. The van der Waals surface area contributed by atoms with Crippen molar-refractivity contribution in [3.8, 4) is 0 Å². The molecule has 0 saturated carbocycles. The summed E-state index contributed by atoms with van der Waals surface area (Å²) >= 11 is 3.43. The van der Waals surface area contributed by atoms with Crippen molar-refractivity contribution in [1.29, 1.82) is 0 Å². The maximum atomic E-state index is 11.2. The Labute approximate surface area is 110 Å². The molecule has 1 aromatic rings. The molecule has 3 nitrogen and oxygen atoms in total. The van der Waals surface area contributed by atoms with E-state index in [9.17, 15) is 9.90 Å². The minimum absolute atomic E-state index is 0.157. The monoisotopic (exact) mass is 299 g/mol. The Hall–Kier alpha value is -0.870. The fraction of sp³-hybridized carbons (Fsp3) is 0.462. The molecule has 2 N–H and O–H groups in total. The summed E-state index contributed by atoms with van der Waals surface area (Å²) in [5.74, 6) is -1.17. The topological polar surface area (TPSA) is 49.3 Å². The number of carbonyl (C=O) groups is 1. The van der Waals surface area contributed by atoms with Crippen LogP contribution in [0.3, 0.4) is 0 Å². The van der Waals surface area contributed by atoms with Crippen molar-refractivity contribution in [2.45, 2.75) is 26.3 Å². The molecule has 0 saturated heterocycles. The SMILES string of the molecule is CCC(C(=O)O)C(NC)c1cc(Br)ccc1C. The van der Waals surface area contributed by atoms with Crippen LogP contribution in [-0.4, -0.2) is 18.1 Å². The van der Waals surface area contributed by atoms with Crippen molar-refractivity contribution >= 4 is 21.9 Å². The smallest absolute Gasteiger partial charge is 0.308 e. The van der Waals surface area contributed by atoms with Crippen LogP contribution < -0.4 is 5.32 Å². The van der Waals surface area contributed by atoms with Crippen LogP contribution in [0.25, 0.3) is 0 Å². The molecule has 1 rings (SSSR count). The highest BCUT2D eigenvalue weighted by Crippen LogP contribution is 2.29. The lowest BCUT2D eigenvalue weighted by Crippen LogP contribution is -2.31. The second kappa shape index (κ2) is 6.17. The summed E-state index contributed by atoms with van der Waals surface area (Å²) < 4.78 is 0.971. The van der Waals surface area contributed by atoms with E-state index in [-0.39, 0.29) is 6.04 Å². The number of nitrogens with one attached hydrogen (secondary N) is 1. The Bertz CT molecular complexity index is 406. The van der Waals surface area contributed by atoms with Crippen molar-refractivity contribution in [1.82, 2.24) is 5.32 Å². The van der Waals surface area contributed by atoms with Gasteiger partial charge in [0.15, 0.2) is 0 Å². The number of rotatable bonds is 5. The third-order valence-corrected chi connectivity index (χ3v) is 3.54. The molecule has 4 heteroatoms. The Kier molecular flexibility index (Phi) is 5.15. The lowest BCUT2D eigenvalue weighted by Gasteiger charge is -2.24. The molecule has 17 heavy (non-hydrogen) atoms. The van der Waals surface area contributed by atoms with Gasteiger partial charge in [0.1, 0.15) is 0 Å². The molecule has 0 aliphatic heterocycles. The Morgan fingerprint density at radius 3 is 2.65 bits per heavy atom. The molecule has 0 aliphatic rings. The molecule has 0 fully saturated rings. The highest BCUT2D eigenvalue weighted by Gasteiger charge is 2.27. The summed E-state index contributed by atoms with van der Waals surface area (Å²) in [6.07, 6.45) is 0.604. The maximum absolute atomic E-state index is 11.2. The molecular formula is C13H18BrNO2. The van der Waals surface area contributed by atoms with Gasteiger partial charge in [-0.2, -0.15) is 0 Å². The van der Waals surface area contributed by atoms with Gasteiger partial charge in [0.2, 0.25) is 0 Å². The van der Waals surface area contributed by atoms with E-state index in [2.05, 4.69) is 21.2 Å². The molecule has 0 aromatic heterocycles. The summed E-state index contributed by atoms with van der Waals surface area (Å²) in [4.78, 5) is 11.2. The van der Waals surface area contributed by atoms with Crippen molar-refractivity contribution in [2.24, 2.45) is 5.92 Å². The van der Waals surface area contributed by atoms with Gasteiger partial charge in [-0.25, -0.2) is 0 Å². The molecule has 0 radical (unpaired) electrons. The Balaban J connectivity index is 3.16. The lowest BCUT2D eigenvalue weighted by atomic mass is 9.89. The molecule has 2 unspecified atom stereocenters. The highest BCUT2D eigenvalue weighted by molar-refractivity contribution is 9.10. The second-order valence-electron chi connectivity index (χ2n) is 4.12.